The first-order valence-corrected chi connectivity index (χ1v) is 6.89. The molecule has 100 valence electrons. The van der Waals surface area contributed by atoms with Crippen molar-refractivity contribution in [1.82, 2.24) is 4.90 Å². The summed E-state index contributed by atoms with van der Waals surface area (Å²) in [6, 6.07) is 5.36. The van der Waals surface area contributed by atoms with Gasteiger partial charge in [-0.3, -0.25) is 9.69 Å². The van der Waals surface area contributed by atoms with Crippen LogP contribution in [0, 0.1) is 0 Å². The monoisotopic (exact) mass is 287 g/mol. The third-order valence-electron chi connectivity index (χ3n) is 3.08. The third kappa shape index (κ3) is 4.27. The lowest BCUT2D eigenvalue weighted by atomic mass is 10.1. The highest BCUT2D eigenvalue weighted by atomic mass is 35.5. The Bertz CT molecular complexity index is 420. The Balaban J connectivity index is 2.73. The summed E-state index contributed by atoms with van der Waals surface area (Å²) in [6.45, 7) is 4.62. The molecule has 0 bridgehead atoms. The van der Waals surface area contributed by atoms with Crippen LogP contribution in [0.1, 0.15) is 37.0 Å². The summed E-state index contributed by atoms with van der Waals surface area (Å²) in [5, 5.41) is 0.993. The Morgan fingerprint density at radius 2 is 2.06 bits per heavy atom. The molecule has 1 rings (SSSR count). The van der Waals surface area contributed by atoms with Crippen LogP contribution < -0.4 is 0 Å². The van der Waals surface area contributed by atoms with E-state index < -0.39 is 0 Å². The van der Waals surface area contributed by atoms with E-state index in [0.717, 1.165) is 12.8 Å². The van der Waals surface area contributed by atoms with Crippen molar-refractivity contribution >= 4 is 29.0 Å². The van der Waals surface area contributed by atoms with E-state index in [1.165, 1.54) is 0 Å². The Hall–Kier alpha value is -0.570. The standard InChI is InChI=1S/C14H19Cl2NO/c1-4-5-10(2)17(3)9-14(18)12-8-11(15)6-7-13(12)16/h6-8,10H,4-5,9H2,1-3H3. The zero-order valence-electron chi connectivity index (χ0n) is 11.0. The summed E-state index contributed by atoms with van der Waals surface area (Å²) < 4.78 is 0. The van der Waals surface area contributed by atoms with Crippen LogP contribution in [0.15, 0.2) is 18.2 Å². The van der Waals surface area contributed by atoms with Crippen molar-refractivity contribution in [2.45, 2.75) is 32.7 Å². The van der Waals surface area contributed by atoms with Gasteiger partial charge in [0.15, 0.2) is 5.78 Å². The molecule has 4 heteroatoms. The van der Waals surface area contributed by atoms with E-state index in [-0.39, 0.29) is 5.78 Å². The lowest BCUT2D eigenvalue weighted by molar-refractivity contribution is 0.0921. The molecule has 1 aromatic carbocycles. The Kier molecular flexibility index (Phi) is 6.13. The van der Waals surface area contributed by atoms with E-state index in [4.69, 9.17) is 23.2 Å². The van der Waals surface area contributed by atoms with Crippen LogP contribution in [-0.2, 0) is 0 Å². The predicted molar refractivity (Wildman–Crippen MR) is 77.8 cm³/mol. The number of ketones is 1. The normalized spacial score (nSPS) is 12.8. The first-order valence-electron chi connectivity index (χ1n) is 6.14. The second-order valence-electron chi connectivity index (χ2n) is 4.60. The van der Waals surface area contributed by atoms with E-state index in [1.807, 2.05) is 11.9 Å². The number of nitrogens with zero attached hydrogens (tertiary/aromatic N) is 1. The highest BCUT2D eigenvalue weighted by molar-refractivity contribution is 6.36. The van der Waals surface area contributed by atoms with Crippen LogP contribution in [0.25, 0.3) is 0 Å². The van der Waals surface area contributed by atoms with Gasteiger partial charge in [0.05, 0.1) is 11.6 Å². The average molecular weight is 288 g/mol. The van der Waals surface area contributed by atoms with Gasteiger partial charge in [0.25, 0.3) is 0 Å². The minimum atomic E-state index is 0.00736. The van der Waals surface area contributed by atoms with Gasteiger partial charge in [-0.15, -0.1) is 0 Å². The molecule has 0 saturated carbocycles. The zero-order valence-corrected chi connectivity index (χ0v) is 12.6. The van der Waals surface area contributed by atoms with Gasteiger partial charge in [-0.2, -0.15) is 0 Å². The van der Waals surface area contributed by atoms with Crippen LogP contribution >= 0.6 is 23.2 Å². The van der Waals surface area contributed by atoms with Gasteiger partial charge in [0, 0.05) is 16.6 Å². The van der Waals surface area contributed by atoms with E-state index in [1.54, 1.807) is 18.2 Å². The Labute approximate surface area is 119 Å². The molecule has 0 aliphatic carbocycles. The summed E-state index contributed by atoms with van der Waals surface area (Å²) in [5.74, 6) is 0.00736. The van der Waals surface area contributed by atoms with E-state index in [9.17, 15) is 4.79 Å². The maximum Gasteiger partial charge on any atom is 0.178 e. The molecule has 0 heterocycles. The topological polar surface area (TPSA) is 20.3 Å². The highest BCUT2D eigenvalue weighted by Gasteiger charge is 2.16. The van der Waals surface area contributed by atoms with Gasteiger partial charge >= 0.3 is 0 Å². The van der Waals surface area contributed by atoms with Crippen LogP contribution in [0.3, 0.4) is 0 Å². The van der Waals surface area contributed by atoms with Gasteiger partial charge < -0.3 is 0 Å². The molecule has 0 spiro atoms. The fourth-order valence-corrected chi connectivity index (χ4v) is 2.21. The third-order valence-corrected chi connectivity index (χ3v) is 3.65. The summed E-state index contributed by atoms with van der Waals surface area (Å²) >= 11 is 11.9. The maximum absolute atomic E-state index is 12.2. The number of rotatable bonds is 6. The summed E-state index contributed by atoms with van der Waals surface area (Å²) in [5.41, 5.74) is 0.500. The SMILES string of the molecule is CCCC(C)N(C)CC(=O)c1cc(Cl)ccc1Cl. The number of halogens is 2. The molecule has 18 heavy (non-hydrogen) atoms. The molecule has 1 aromatic rings. The molecule has 0 amide bonds. The van der Waals surface area contributed by atoms with E-state index >= 15 is 0 Å². The highest BCUT2D eigenvalue weighted by Crippen LogP contribution is 2.21. The number of Topliss-reactive ketones (excluding diaryl/α,β-unsaturated/α-hetero) is 1. The largest absolute Gasteiger partial charge is 0.296 e. The molecule has 0 aliphatic rings. The summed E-state index contributed by atoms with van der Waals surface area (Å²) in [7, 11) is 1.96. The molecule has 0 aliphatic heterocycles. The van der Waals surface area contributed by atoms with Gasteiger partial charge in [0.1, 0.15) is 0 Å². The summed E-state index contributed by atoms with van der Waals surface area (Å²) in [4.78, 5) is 14.2. The molecule has 0 saturated heterocycles. The van der Waals surface area contributed by atoms with E-state index in [2.05, 4.69) is 13.8 Å². The van der Waals surface area contributed by atoms with Crippen molar-refractivity contribution in [3.05, 3.63) is 33.8 Å². The first kappa shape index (κ1) is 15.5. The molecule has 0 aromatic heterocycles. The average Bonchev–Trinajstić information content (AvgIpc) is 2.32. The summed E-state index contributed by atoms with van der Waals surface area (Å²) in [6.07, 6.45) is 2.19. The van der Waals surface area contributed by atoms with Crippen molar-refractivity contribution in [2.24, 2.45) is 0 Å². The lowest BCUT2D eigenvalue weighted by Crippen LogP contribution is -2.33. The van der Waals surface area contributed by atoms with Gasteiger partial charge in [-0.1, -0.05) is 36.5 Å². The Morgan fingerprint density at radius 1 is 1.39 bits per heavy atom. The van der Waals surface area contributed by atoms with Crippen molar-refractivity contribution in [3.63, 3.8) is 0 Å². The van der Waals surface area contributed by atoms with Crippen LogP contribution in [-0.4, -0.2) is 30.3 Å². The molecule has 0 N–H and O–H groups in total. The van der Waals surface area contributed by atoms with Crippen molar-refractivity contribution < 1.29 is 4.79 Å². The van der Waals surface area contributed by atoms with Crippen molar-refractivity contribution in [1.29, 1.82) is 0 Å². The minimum Gasteiger partial charge on any atom is -0.296 e. The zero-order chi connectivity index (χ0) is 13.7. The maximum atomic E-state index is 12.2. The molecular formula is C14H19Cl2NO. The number of hydrogen-bond acceptors (Lipinski definition) is 2. The van der Waals surface area contributed by atoms with Crippen LogP contribution in [0.2, 0.25) is 10.0 Å². The van der Waals surface area contributed by atoms with Crippen molar-refractivity contribution in [3.8, 4) is 0 Å². The second kappa shape index (κ2) is 7.13. The molecule has 2 nitrogen and oxygen atoms in total. The quantitative estimate of drug-likeness (QED) is 0.727. The number of hydrogen-bond donors (Lipinski definition) is 0. The van der Waals surface area contributed by atoms with Gasteiger partial charge in [-0.05, 0) is 38.6 Å². The van der Waals surface area contributed by atoms with E-state index in [0.29, 0.717) is 28.2 Å². The minimum absolute atomic E-state index is 0.00736. The van der Waals surface area contributed by atoms with Gasteiger partial charge in [-0.25, -0.2) is 0 Å². The molecule has 0 fully saturated rings. The molecule has 1 atom stereocenters. The smallest absolute Gasteiger partial charge is 0.178 e. The Morgan fingerprint density at radius 3 is 2.67 bits per heavy atom. The van der Waals surface area contributed by atoms with Crippen LogP contribution in [0.4, 0.5) is 0 Å². The molecule has 1 unspecified atom stereocenters. The molecular weight excluding hydrogens is 269 g/mol. The van der Waals surface area contributed by atoms with Crippen LogP contribution in [0.5, 0.6) is 0 Å². The first-order chi connectivity index (χ1) is 8.45. The number of carbonyl (C=O) groups is 1. The number of likely N-dealkylation sites (N-methyl/N-ethyl adjacent to an activating group) is 1. The lowest BCUT2D eigenvalue weighted by Gasteiger charge is -2.23. The fraction of sp³-hybridized carbons (Fsp3) is 0.500. The number of benzene rings is 1. The predicted octanol–water partition coefficient (Wildman–Crippen LogP) is 4.30. The second-order valence-corrected chi connectivity index (χ2v) is 5.44. The van der Waals surface area contributed by atoms with Gasteiger partial charge in [0.2, 0.25) is 0 Å². The van der Waals surface area contributed by atoms with Crippen molar-refractivity contribution in [2.75, 3.05) is 13.6 Å². The number of carbonyl (C=O) groups excluding carboxylic acids is 1. The molecule has 0 radical (unpaired) electrons. The fourth-order valence-electron chi connectivity index (χ4n) is 1.82.